The van der Waals surface area contributed by atoms with E-state index in [1.165, 1.54) is 19.3 Å². The largest absolute Gasteiger partial charge is 0.327 e. The quantitative estimate of drug-likeness (QED) is 0.713. The monoisotopic (exact) mass is 253 g/mol. The van der Waals surface area contributed by atoms with Crippen LogP contribution in [-0.2, 0) is 0 Å². The maximum absolute atomic E-state index is 6.34. The fraction of sp³-hybridized carbons (Fsp3) is 0.938. The minimum absolute atomic E-state index is 0.250. The Morgan fingerprint density at radius 1 is 1.39 bits per heavy atom. The van der Waals surface area contributed by atoms with Crippen molar-refractivity contribution >= 4 is 0 Å². The van der Waals surface area contributed by atoms with Crippen molar-refractivity contribution in [3.05, 3.63) is 6.42 Å². The van der Waals surface area contributed by atoms with Crippen LogP contribution in [-0.4, -0.2) is 19.1 Å². The molecule has 1 aliphatic rings. The van der Waals surface area contributed by atoms with Gasteiger partial charge in [0.1, 0.15) is 0 Å². The maximum atomic E-state index is 6.34. The number of hydrogen-bond donors (Lipinski definition) is 2. The predicted molar refractivity (Wildman–Crippen MR) is 80.3 cm³/mol. The van der Waals surface area contributed by atoms with Gasteiger partial charge in [0, 0.05) is 6.04 Å². The first-order valence-corrected chi connectivity index (χ1v) is 7.67. The predicted octanol–water partition coefficient (Wildman–Crippen LogP) is 3.23. The second-order valence-electron chi connectivity index (χ2n) is 6.99. The highest BCUT2D eigenvalue weighted by Gasteiger charge is 2.41. The van der Waals surface area contributed by atoms with E-state index >= 15 is 0 Å². The highest BCUT2D eigenvalue weighted by atomic mass is 14.9. The molecule has 0 aromatic rings. The zero-order chi connectivity index (χ0) is 13.8. The fourth-order valence-electron chi connectivity index (χ4n) is 3.78. The van der Waals surface area contributed by atoms with Crippen molar-refractivity contribution in [2.24, 2.45) is 28.9 Å². The van der Waals surface area contributed by atoms with Gasteiger partial charge in [0.2, 0.25) is 0 Å². The molecular formula is C16H33N2. The minimum Gasteiger partial charge on any atom is -0.327 e. The molecule has 0 saturated heterocycles. The molecule has 2 nitrogen and oxygen atoms in total. The van der Waals surface area contributed by atoms with Crippen LogP contribution >= 0.6 is 0 Å². The first kappa shape index (κ1) is 16.0. The Bertz CT molecular complexity index is 237. The maximum Gasteiger partial charge on any atom is 0.00995 e. The van der Waals surface area contributed by atoms with E-state index in [9.17, 15) is 0 Å². The Balaban J connectivity index is 2.69. The van der Waals surface area contributed by atoms with Gasteiger partial charge in [0.15, 0.2) is 0 Å². The molecule has 0 bridgehead atoms. The molecule has 4 unspecified atom stereocenters. The summed E-state index contributed by atoms with van der Waals surface area (Å²) in [5.41, 5.74) is 6.79. The molecule has 18 heavy (non-hydrogen) atoms. The molecule has 0 aromatic heterocycles. The molecule has 2 heteroatoms. The van der Waals surface area contributed by atoms with E-state index in [4.69, 9.17) is 5.73 Å². The van der Waals surface area contributed by atoms with Gasteiger partial charge < -0.3 is 11.1 Å². The summed E-state index contributed by atoms with van der Waals surface area (Å²) in [4.78, 5) is 0. The zero-order valence-electron chi connectivity index (χ0n) is 13.0. The smallest absolute Gasteiger partial charge is 0.00995 e. The van der Waals surface area contributed by atoms with E-state index in [1.807, 2.05) is 0 Å². The molecule has 4 atom stereocenters. The summed E-state index contributed by atoms with van der Waals surface area (Å²) in [5, 5.41) is 3.60. The summed E-state index contributed by atoms with van der Waals surface area (Å²) in [7, 11) is 0. The van der Waals surface area contributed by atoms with Crippen LogP contribution in [0.1, 0.15) is 53.9 Å². The summed E-state index contributed by atoms with van der Waals surface area (Å²) in [6.07, 6.45) is 5.99. The van der Waals surface area contributed by atoms with E-state index in [1.54, 1.807) is 0 Å². The summed E-state index contributed by atoms with van der Waals surface area (Å²) < 4.78 is 0. The van der Waals surface area contributed by atoms with Crippen LogP contribution in [0.3, 0.4) is 0 Å². The number of nitrogens with two attached hydrogens (primary N) is 1. The molecule has 1 aliphatic carbocycles. The molecule has 1 rings (SSSR count). The average Bonchev–Trinajstić information content (AvgIpc) is 2.29. The molecule has 3 N–H and O–H groups in total. The van der Waals surface area contributed by atoms with E-state index in [0.717, 1.165) is 24.9 Å². The minimum atomic E-state index is 0.250. The average molecular weight is 253 g/mol. The third kappa shape index (κ3) is 4.24. The molecule has 0 heterocycles. The van der Waals surface area contributed by atoms with Gasteiger partial charge in [-0.05, 0) is 61.9 Å². The number of rotatable bonds is 6. The molecule has 1 radical (unpaired) electrons. The van der Waals surface area contributed by atoms with Gasteiger partial charge in [-0.25, -0.2) is 0 Å². The normalized spacial score (nSPS) is 33.3. The summed E-state index contributed by atoms with van der Waals surface area (Å²) in [6.45, 7) is 13.8. The van der Waals surface area contributed by atoms with Crippen LogP contribution < -0.4 is 11.1 Å². The second kappa shape index (κ2) is 6.91. The topological polar surface area (TPSA) is 38.0 Å². The highest BCUT2D eigenvalue weighted by molar-refractivity contribution is 4.96. The van der Waals surface area contributed by atoms with E-state index < -0.39 is 0 Å². The van der Waals surface area contributed by atoms with Crippen molar-refractivity contribution < 1.29 is 0 Å². The lowest BCUT2D eigenvalue weighted by atomic mass is 9.60. The van der Waals surface area contributed by atoms with Crippen molar-refractivity contribution in [2.75, 3.05) is 13.1 Å². The Labute approximate surface area is 114 Å². The van der Waals surface area contributed by atoms with Crippen LogP contribution in [0.4, 0.5) is 0 Å². The van der Waals surface area contributed by atoms with Gasteiger partial charge in [-0.1, -0.05) is 34.6 Å². The standard InChI is InChI=1S/C16H33N2/c1-6-8-18-11-14-12(3)9-16(4,5)10-13(14)15(17)7-2/h7,12-15,18H,6,8-11,17H2,1-5H3. The van der Waals surface area contributed by atoms with Crippen LogP contribution in [0.25, 0.3) is 0 Å². The lowest BCUT2D eigenvalue weighted by molar-refractivity contribution is 0.0547. The van der Waals surface area contributed by atoms with Crippen molar-refractivity contribution in [3.8, 4) is 0 Å². The highest BCUT2D eigenvalue weighted by Crippen LogP contribution is 2.46. The second-order valence-corrected chi connectivity index (χ2v) is 6.99. The molecule has 1 fully saturated rings. The molecule has 107 valence electrons. The van der Waals surface area contributed by atoms with Crippen LogP contribution in [0.2, 0.25) is 0 Å². The number of hydrogen-bond acceptors (Lipinski definition) is 2. The van der Waals surface area contributed by atoms with Crippen LogP contribution in [0, 0.1) is 29.6 Å². The van der Waals surface area contributed by atoms with Crippen molar-refractivity contribution in [1.82, 2.24) is 5.32 Å². The van der Waals surface area contributed by atoms with Gasteiger partial charge >= 0.3 is 0 Å². The summed E-state index contributed by atoms with van der Waals surface area (Å²) >= 11 is 0. The van der Waals surface area contributed by atoms with Crippen LogP contribution in [0.5, 0.6) is 0 Å². The molecule has 0 aliphatic heterocycles. The Morgan fingerprint density at radius 3 is 2.61 bits per heavy atom. The Hall–Kier alpha value is -0.0800. The lowest BCUT2D eigenvalue weighted by Crippen LogP contribution is -2.48. The number of nitrogens with one attached hydrogen (secondary N) is 1. The zero-order valence-corrected chi connectivity index (χ0v) is 13.0. The summed E-state index contributed by atoms with van der Waals surface area (Å²) in [6, 6.07) is 0.250. The Kier molecular flexibility index (Phi) is 6.13. The van der Waals surface area contributed by atoms with Gasteiger partial charge in [0.25, 0.3) is 0 Å². The molecule has 0 spiro atoms. The SMILES string of the molecule is C[CH]C(N)C1CC(C)(C)CC(C)C1CNCCC. The van der Waals surface area contributed by atoms with Crippen molar-refractivity contribution in [1.29, 1.82) is 0 Å². The van der Waals surface area contributed by atoms with Crippen LogP contribution in [0.15, 0.2) is 0 Å². The molecule has 0 aromatic carbocycles. The van der Waals surface area contributed by atoms with Gasteiger partial charge in [-0.3, -0.25) is 0 Å². The van der Waals surface area contributed by atoms with Gasteiger partial charge in [-0.2, -0.15) is 0 Å². The Morgan fingerprint density at radius 2 is 2.06 bits per heavy atom. The molecular weight excluding hydrogens is 220 g/mol. The third-order valence-corrected chi connectivity index (χ3v) is 4.63. The first-order chi connectivity index (χ1) is 8.41. The van der Waals surface area contributed by atoms with E-state index in [-0.39, 0.29) is 6.04 Å². The fourth-order valence-corrected chi connectivity index (χ4v) is 3.78. The molecule has 0 amide bonds. The first-order valence-electron chi connectivity index (χ1n) is 7.67. The lowest BCUT2D eigenvalue weighted by Gasteiger charge is -2.47. The van der Waals surface area contributed by atoms with Gasteiger partial charge in [-0.15, -0.1) is 0 Å². The molecule has 1 saturated carbocycles. The van der Waals surface area contributed by atoms with Crippen molar-refractivity contribution in [2.45, 2.75) is 59.9 Å². The third-order valence-electron chi connectivity index (χ3n) is 4.63. The van der Waals surface area contributed by atoms with Crippen molar-refractivity contribution in [3.63, 3.8) is 0 Å². The van der Waals surface area contributed by atoms with E-state index in [0.29, 0.717) is 11.3 Å². The van der Waals surface area contributed by atoms with Gasteiger partial charge in [0.05, 0.1) is 0 Å². The van der Waals surface area contributed by atoms with E-state index in [2.05, 4.69) is 46.4 Å². The summed E-state index contributed by atoms with van der Waals surface area (Å²) in [5.74, 6) is 2.14.